The van der Waals surface area contributed by atoms with Gasteiger partial charge in [-0.25, -0.2) is 0 Å². The van der Waals surface area contributed by atoms with Crippen molar-refractivity contribution in [1.29, 1.82) is 0 Å². The topological polar surface area (TPSA) is 108 Å². The van der Waals surface area contributed by atoms with Crippen LogP contribution < -0.4 is 18.9 Å². The minimum absolute atomic E-state index is 0.0378. The van der Waals surface area contributed by atoms with Crippen LogP contribution in [0.15, 0.2) is 64.8 Å². The van der Waals surface area contributed by atoms with Crippen LogP contribution in [0.3, 0.4) is 0 Å². The summed E-state index contributed by atoms with van der Waals surface area (Å²) in [6, 6.07) is 12.8. The van der Waals surface area contributed by atoms with Crippen molar-refractivity contribution in [3.8, 4) is 23.0 Å². The van der Waals surface area contributed by atoms with E-state index in [1.54, 1.807) is 48.5 Å². The highest BCUT2D eigenvalue weighted by Gasteiger charge is 2.46. The number of rotatable bonds is 10. The lowest BCUT2D eigenvalue weighted by molar-refractivity contribution is -0.140. The summed E-state index contributed by atoms with van der Waals surface area (Å²) in [5, 5.41) is 11.5. The van der Waals surface area contributed by atoms with Crippen LogP contribution in [0.4, 0.5) is 0 Å². The second-order valence-corrected chi connectivity index (χ2v) is 10.0. The number of ether oxygens (including phenoxy) is 4. The molecular formula is C31H33NO8. The SMILES string of the molecule is CCOc1cc([C@@H]2C(=C(O)c3ccc4c(c3)OCCO4)C(=O)C(=O)N2Cc2ccco2)ccc1OCCC(C)C. The highest BCUT2D eigenvalue weighted by Crippen LogP contribution is 2.44. The molecule has 9 nitrogen and oxygen atoms in total. The molecule has 1 N–H and O–H groups in total. The lowest BCUT2D eigenvalue weighted by Gasteiger charge is -2.25. The summed E-state index contributed by atoms with van der Waals surface area (Å²) >= 11 is 0. The molecule has 3 heterocycles. The predicted molar refractivity (Wildman–Crippen MR) is 147 cm³/mol. The first-order valence-electron chi connectivity index (χ1n) is 13.5. The van der Waals surface area contributed by atoms with Gasteiger partial charge >= 0.3 is 0 Å². The standard InChI is InChI=1S/C31H33NO8/c1-4-36-25-16-20(7-9-23(25)38-13-11-19(2)3)28-27(30(34)31(35)32(28)18-22-6-5-12-37-22)29(33)21-8-10-24-26(17-21)40-15-14-39-24/h5-10,12,16-17,19,28,33H,4,11,13-15,18H2,1-3H3/t28-/m1/s1. The van der Waals surface area contributed by atoms with Gasteiger partial charge in [0.1, 0.15) is 24.7 Å². The molecule has 40 heavy (non-hydrogen) atoms. The predicted octanol–water partition coefficient (Wildman–Crippen LogP) is 5.50. The van der Waals surface area contributed by atoms with Crippen LogP contribution in [0, 0.1) is 5.92 Å². The van der Waals surface area contributed by atoms with Crippen molar-refractivity contribution in [3.05, 3.63) is 77.3 Å². The van der Waals surface area contributed by atoms with Crippen LogP contribution in [0.25, 0.3) is 5.76 Å². The first-order chi connectivity index (χ1) is 19.4. The van der Waals surface area contributed by atoms with E-state index >= 15 is 0 Å². The highest BCUT2D eigenvalue weighted by molar-refractivity contribution is 6.46. The first-order valence-corrected chi connectivity index (χ1v) is 13.5. The van der Waals surface area contributed by atoms with Crippen molar-refractivity contribution < 1.29 is 38.1 Å². The van der Waals surface area contributed by atoms with Gasteiger partial charge in [-0.15, -0.1) is 0 Å². The Labute approximate surface area is 232 Å². The largest absolute Gasteiger partial charge is 0.507 e. The minimum atomic E-state index is -0.901. The lowest BCUT2D eigenvalue weighted by Crippen LogP contribution is -2.29. The molecule has 1 atom stereocenters. The van der Waals surface area contributed by atoms with Gasteiger partial charge in [0.05, 0.1) is 37.6 Å². The van der Waals surface area contributed by atoms with Gasteiger partial charge in [0.15, 0.2) is 23.0 Å². The maximum absolute atomic E-state index is 13.5. The molecule has 210 valence electrons. The van der Waals surface area contributed by atoms with Crippen LogP contribution in [0.2, 0.25) is 0 Å². The number of benzene rings is 2. The zero-order valence-corrected chi connectivity index (χ0v) is 22.8. The monoisotopic (exact) mass is 547 g/mol. The Bertz CT molecular complexity index is 1410. The number of hydrogen-bond donors (Lipinski definition) is 1. The Morgan fingerprint density at radius 1 is 1.02 bits per heavy atom. The van der Waals surface area contributed by atoms with Crippen molar-refractivity contribution in [3.63, 3.8) is 0 Å². The third-order valence-electron chi connectivity index (χ3n) is 6.80. The molecule has 1 aromatic heterocycles. The first kappa shape index (κ1) is 27.2. The van der Waals surface area contributed by atoms with Crippen LogP contribution in [0.1, 0.15) is 50.1 Å². The second kappa shape index (κ2) is 11.8. The lowest BCUT2D eigenvalue weighted by atomic mass is 9.94. The van der Waals surface area contributed by atoms with Crippen LogP contribution >= 0.6 is 0 Å². The fourth-order valence-electron chi connectivity index (χ4n) is 4.79. The maximum Gasteiger partial charge on any atom is 0.296 e. The molecule has 5 rings (SSSR count). The molecule has 1 saturated heterocycles. The molecule has 2 aliphatic rings. The number of nitrogens with zero attached hydrogens (tertiary/aromatic N) is 1. The summed E-state index contributed by atoms with van der Waals surface area (Å²) in [6.45, 7) is 7.88. The molecule has 0 bridgehead atoms. The Kier molecular flexibility index (Phi) is 8.00. The van der Waals surface area contributed by atoms with E-state index < -0.39 is 17.7 Å². The van der Waals surface area contributed by atoms with Gasteiger partial charge in [-0.05, 0) is 67.3 Å². The molecule has 0 radical (unpaired) electrons. The van der Waals surface area contributed by atoms with E-state index in [1.165, 1.54) is 11.2 Å². The van der Waals surface area contributed by atoms with E-state index in [0.29, 0.717) is 72.2 Å². The molecule has 1 fully saturated rings. The van der Waals surface area contributed by atoms with E-state index in [9.17, 15) is 14.7 Å². The number of amides is 1. The number of aliphatic hydroxyl groups excluding tert-OH is 1. The summed E-state index contributed by atoms with van der Waals surface area (Å²) in [5.41, 5.74) is 0.887. The summed E-state index contributed by atoms with van der Waals surface area (Å²) < 4.78 is 28.6. The van der Waals surface area contributed by atoms with E-state index in [1.807, 2.05) is 6.92 Å². The Morgan fingerprint density at radius 2 is 1.82 bits per heavy atom. The molecule has 2 aliphatic heterocycles. The molecular weight excluding hydrogens is 514 g/mol. The van der Waals surface area contributed by atoms with Gasteiger partial charge in [0.25, 0.3) is 11.7 Å². The normalized spacial score (nSPS) is 17.9. The molecule has 0 saturated carbocycles. The molecule has 3 aromatic rings. The van der Waals surface area contributed by atoms with Gasteiger partial charge in [0, 0.05) is 5.56 Å². The van der Waals surface area contributed by atoms with Gasteiger partial charge in [-0.1, -0.05) is 19.9 Å². The zero-order chi connectivity index (χ0) is 28.2. The van der Waals surface area contributed by atoms with Crippen molar-refractivity contribution in [1.82, 2.24) is 4.90 Å². The van der Waals surface area contributed by atoms with Crippen molar-refractivity contribution in [2.45, 2.75) is 39.8 Å². The van der Waals surface area contributed by atoms with Gasteiger partial charge in [-0.3, -0.25) is 9.59 Å². The fraction of sp³-hybridized carbons (Fsp3) is 0.355. The van der Waals surface area contributed by atoms with E-state index in [2.05, 4.69) is 13.8 Å². The number of carbonyl (C=O) groups excluding carboxylic acids is 2. The van der Waals surface area contributed by atoms with Crippen molar-refractivity contribution in [2.24, 2.45) is 5.92 Å². The average molecular weight is 548 g/mol. The molecule has 0 unspecified atom stereocenters. The van der Waals surface area contributed by atoms with E-state index in [-0.39, 0.29) is 17.9 Å². The zero-order valence-electron chi connectivity index (χ0n) is 22.8. The summed E-state index contributed by atoms with van der Waals surface area (Å²) in [7, 11) is 0. The second-order valence-electron chi connectivity index (χ2n) is 10.0. The number of fused-ring (bicyclic) bond motifs is 1. The number of aliphatic hydroxyl groups is 1. The number of Topliss-reactive ketones (excluding diaryl/α,β-unsaturated/α-hetero) is 1. The molecule has 2 aromatic carbocycles. The molecule has 0 spiro atoms. The highest BCUT2D eigenvalue weighted by atomic mass is 16.6. The van der Waals surface area contributed by atoms with Gasteiger partial charge in [0.2, 0.25) is 0 Å². The van der Waals surface area contributed by atoms with Crippen LogP contribution in [0.5, 0.6) is 23.0 Å². The number of furan rings is 1. The Morgan fingerprint density at radius 3 is 2.55 bits per heavy atom. The molecule has 1 amide bonds. The quantitative estimate of drug-likeness (QED) is 0.202. The summed E-state index contributed by atoms with van der Waals surface area (Å²) in [5.74, 6) is 1.21. The van der Waals surface area contributed by atoms with Crippen LogP contribution in [-0.2, 0) is 16.1 Å². The van der Waals surface area contributed by atoms with Gasteiger partial charge < -0.3 is 33.4 Å². The number of ketones is 1. The van der Waals surface area contributed by atoms with Crippen molar-refractivity contribution >= 4 is 17.4 Å². The number of carbonyl (C=O) groups is 2. The number of hydrogen-bond acceptors (Lipinski definition) is 8. The number of likely N-dealkylation sites (tertiary alicyclic amines) is 1. The third-order valence-corrected chi connectivity index (χ3v) is 6.80. The van der Waals surface area contributed by atoms with Gasteiger partial charge in [-0.2, -0.15) is 0 Å². The summed E-state index contributed by atoms with van der Waals surface area (Å²) in [6.07, 6.45) is 2.39. The fourth-order valence-corrected chi connectivity index (χ4v) is 4.79. The Hall–Kier alpha value is -4.40. The van der Waals surface area contributed by atoms with Crippen molar-refractivity contribution in [2.75, 3.05) is 26.4 Å². The summed E-state index contributed by atoms with van der Waals surface area (Å²) in [4.78, 5) is 28.2. The maximum atomic E-state index is 13.5. The smallest absolute Gasteiger partial charge is 0.296 e. The molecule has 0 aliphatic carbocycles. The third kappa shape index (κ3) is 5.50. The molecule has 9 heteroatoms. The Balaban J connectivity index is 1.59. The van der Waals surface area contributed by atoms with E-state index in [0.717, 1.165) is 6.42 Å². The van der Waals surface area contributed by atoms with E-state index in [4.69, 9.17) is 23.4 Å². The van der Waals surface area contributed by atoms with Crippen LogP contribution in [-0.4, -0.2) is 48.1 Å². The average Bonchev–Trinajstić information content (AvgIpc) is 3.55. The minimum Gasteiger partial charge on any atom is -0.507 e.